The number of carbonyl (C=O) groups is 1. The van der Waals surface area contributed by atoms with Gasteiger partial charge in [-0.2, -0.15) is 5.10 Å². The summed E-state index contributed by atoms with van der Waals surface area (Å²) in [6.45, 7) is 8.81. The molecule has 30 heavy (non-hydrogen) atoms. The molecule has 0 unspecified atom stereocenters. The zero-order valence-electron chi connectivity index (χ0n) is 19.2. The summed E-state index contributed by atoms with van der Waals surface area (Å²) in [4.78, 5) is 13.6. The SMILES string of the molecule is Cc1nn(C)c(C)c1/C=C1/C[C@H]2[C@H]3CC=C4C[C@H](O)CC[C@]4(C)[C@@H]3CC[C@]2(C)C1=O. The number of allylic oxidation sites excluding steroid dienone is 2. The first-order valence-corrected chi connectivity index (χ1v) is 11.8. The quantitative estimate of drug-likeness (QED) is 0.530. The maximum atomic E-state index is 13.6. The molecule has 3 saturated carbocycles. The van der Waals surface area contributed by atoms with Crippen LogP contribution in [-0.2, 0) is 11.8 Å². The van der Waals surface area contributed by atoms with Gasteiger partial charge < -0.3 is 5.11 Å². The molecule has 0 spiro atoms. The van der Waals surface area contributed by atoms with Crippen LogP contribution in [-0.4, -0.2) is 26.8 Å². The molecule has 0 aliphatic heterocycles. The first-order valence-electron chi connectivity index (χ1n) is 11.8. The van der Waals surface area contributed by atoms with Gasteiger partial charge in [0.05, 0.1) is 11.8 Å². The number of aliphatic hydroxyl groups excluding tert-OH is 1. The largest absolute Gasteiger partial charge is 0.393 e. The minimum Gasteiger partial charge on any atom is -0.393 e. The Labute approximate surface area is 180 Å². The number of hydrogen-bond acceptors (Lipinski definition) is 3. The molecule has 0 amide bonds. The standard InChI is InChI=1S/C26H36N2O2/c1-15-21(16(2)28(5)27-15)12-17-13-23-20-7-6-18-14-19(29)8-10-25(18,3)22(20)9-11-26(23,4)24(17)30/h6,12,19-20,22-23,29H,7-11,13-14H2,1-5H3/b17-12-/t19-,20+,22-,23+,25+,26+/m1/s1. The van der Waals surface area contributed by atoms with Gasteiger partial charge in [0.1, 0.15) is 0 Å². The van der Waals surface area contributed by atoms with Crippen molar-refractivity contribution in [1.82, 2.24) is 9.78 Å². The van der Waals surface area contributed by atoms with Gasteiger partial charge in [-0.3, -0.25) is 9.48 Å². The third kappa shape index (κ3) is 2.68. The minimum atomic E-state index is -0.215. The topological polar surface area (TPSA) is 55.1 Å². The highest BCUT2D eigenvalue weighted by atomic mass is 16.3. The molecule has 4 aliphatic carbocycles. The molecule has 3 fully saturated rings. The molecule has 4 nitrogen and oxygen atoms in total. The fourth-order valence-corrected chi connectivity index (χ4v) is 7.61. The van der Waals surface area contributed by atoms with Crippen molar-refractivity contribution >= 4 is 11.9 Å². The number of aliphatic hydroxyl groups is 1. The third-order valence-electron chi connectivity index (χ3n) is 9.60. The predicted octanol–water partition coefficient (Wildman–Crippen LogP) is 4.92. The summed E-state index contributed by atoms with van der Waals surface area (Å²) in [5.74, 6) is 2.05. The molecule has 4 heteroatoms. The minimum absolute atomic E-state index is 0.164. The first kappa shape index (κ1) is 20.2. The van der Waals surface area contributed by atoms with Crippen LogP contribution in [0.1, 0.15) is 75.7 Å². The number of aromatic nitrogens is 2. The number of carbonyl (C=O) groups excluding carboxylic acids is 1. The highest BCUT2D eigenvalue weighted by molar-refractivity contribution is 6.06. The average molecular weight is 409 g/mol. The van der Waals surface area contributed by atoms with E-state index in [0.717, 1.165) is 67.5 Å². The van der Waals surface area contributed by atoms with E-state index in [2.05, 4.69) is 38.0 Å². The second-order valence-electron chi connectivity index (χ2n) is 11.0. The highest BCUT2D eigenvalue weighted by Crippen LogP contribution is 2.64. The summed E-state index contributed by atoms with van der Waals surface area (Å²) in [5, 5.41) is 14.8. The molecular formula is C26H36N2O2. The van der Waals surface area contributed by atoms with Crippen LogP contribution in [0, 0.1) is 42.4 Å². The lowest BCUT2D eigenvalue weighted by Crippen LogP contribution is -2.50. The molecule has 1 heterocycles. The van der Waals surface area contributed by atoms with Gasteiger partial charge in [-0.05, 0) is 93.6 Å². The molecule has 1 N–H and O–H groups in total. The Balaban J connectivity index is 1.50. The lowest BCUT2D eigenvalue weighted by molar-refractivity contribution is -0.130. The Morgan fingerprint density at radius 3 is 2.57 bits per heavy atom. The Morgan fingerprint density at radius 2 is 1.87 bits per heavy atom. The fourth-order valence-electron chi connectivity index (χ4n) is 7.61. The Morgan fingerprint density at radius 1 is 1.13 bits per heavy atom. The van der Waals surface area contributed by atoms with Gasteiger partial charge >= 0.3 is 0 Å². The number of aryl methyl sites for hydroxylation is 2. The smallest absolute Gasteiger partial charge is 0.165 e. The van der Waals surface area contributed by atoms with E-state index in [9.17, 15) is 9.90 Å². The van der Waals surface area contributed by atoms with Crippen molar-refractivity contribution in [1.29, 1.82) is 0 Å². The number of Topliss-reactive ketones (excluding diaryl/α,β-unsaturated/α-hetero) is 1. The predicted molar refractivity (Wildman–Crippen MR) is 119 cm³/mol. The Hall–Kier alpha value is -1.68. The molecule has 162 valence electrons. The van der Waals surface area contributed by atoms with Crippen LogP contribution in [0.3, 0.4) is 0 Å². The van der Waals surface area contributed by atoms with Crippen molar-refractivity contribution in [2.24, 2.45) is 35.6 Å². The van der Waals surface area contributed by atoms with E-state index < -0.39 is 0 Å². The average Bonchev–Trinajstić information content (AvgIpc) is 3.10. The summed E-state index contributed by atoms with van der Waals surface area (Å²) >= 11 is 0. The number of fused-ring (bicyclic) bond motifs is 5. The number of hydrogen-bond donors (Lipinski definition) is 1. The number of ketones is 1. The molecule has 0 saturated heterocycles. The van der Waals surface area contributed by atoms with Gasteiger partial charge in [0.25, 0.3) is 0 Å². The van der Waals surface area contributed by atoms with Gasteiger partial charge in [0.2, 0.25) is 0 Å². The molecule has 6 atom stereocenters. The van der Waals surface area contributed by atoms with Crippen molar-refractivity contribution in [3.05, 3.63) is 34.2 Å². The molecular weight excluding hydrogens is 372 g/mol. The van der Waals surface area contributed by atoms with Gasteiger partial charge in [-0.25, -0.2) is 0 Å². The summed E-state index contributed by atoms with van der Waals surface area (Å²) in [6.07, 6.45) is 11.4. The van der Waals surface area contributed by atoms with E-state index in [4.69, 9.17) is 0 Å². The van der Waals surface area contributed by atoms with E-state index in [0.29, 0.717) is 23.5 Å². The van der Waals surface area contributed by atoms with Crippen LogP contribution in [0.2, 0.25) is 0 Å². The van der Waals surface area contributed by atoms with E-state index in [1.54, 1.807) is 0 Å². The normalized spacial score (nSPS) is 42.0. The fraction of sp³-hybridized carbons (Fsp3) is 0.692. The zero-order chi connectivity index (χ0) is 21.4. The second-order valence-corrected chi connectivity index (χ2v) is 11.0. The van der Waals surface area contributed by atoms with Crippen molar-refractivity contribution < 1.29 is 9.90 Å². The van der Waals surface area contributed by atoms with Crippen LogP contribution >= 0.6 is 0 Å². The summed E-state index contributed by atoms with van der Waals surface area (Å²) in [7, 11) is 1.97. The first-order chi connectivity index (χ1) is 14.1. The van der Waals surface area contributed by atoms with Crippen LogP contribution in [0.15, 0.2) is 17.2 Å². The molecule has 0 aromatic carbocycles. The molecule has 0 bridgehead atoms. The Bertz CT molecular complexity index is 970. The molecule has 1 aromatic rings. The second kappa shape index (κ2) is 6.66. The van der Waals surface area contributed by atoms with Gasteiger partial charge in [0, 0.05) is 23.7 Å². The summed E-state index contributed by atoms with van der Waals surface area (Å²) < 4.78 is 1.91. The van der Waals surface area contributed by atoms with Crippen molar-refractivity contribution in [2.75, 3.05) is 0 Å². The van der Waals surface area contributed by atoms with E-state index in [-0.39, 0.29) is 16.9 Å². The molecule has 1 aromatic heterocycles. The van der Waals surface area contributed by atoms with Gasteiger partial charge in [-0.1, -0.05) is 25.5 Å². The van der Waals surface area contributed by atoms with Crippen molar-refractivity contribution in [3.8, 4) is 0 Å². The lowest BCUT2D eigenvalue weighted by Gasteiger charge is -2.56. The van der Waals surface area contributed by atoms with E-state index in [1.807, 2.05) is 18.7 Å². The third-order valence-corrected chi connectivity index (χ3v) is 9.60. The summed E-state index contributed by atoms with van der Waals surface area (Å²) in [6, 6.07) is 0. The summed E-state index contributed by atoms with van der Waals surface area (Å²) in [5.41, 5.74) is 5.77. The lowest BCUT2D eigenvalue weighted by atomic mass is 9.48. The van der Waals surface area contributed by atoms with E-state index >= 15 is 0 Å². The molecule has 4 aliphatic rings. The van der Waals surface area contributed by atoms with Gasteiger partial charge in [-0.15, -0.1) is 0 Å². The van der Waals surface area contributed by atoms with Crippen molar-refractivity contribution in [3.63, 3.8) is 0 Å². The van der Waals surface area contributed by atoms with Crippen LogP contribution in [0.4, 0.5) is 0 Å². The highest BCUT2D eigenvalue weighted by Gasteiger charge is 2.59. The van der Waals surface area contributed by atoms with Crippen molar-refractivity contribution in [2.45, 2.75) is 78.7 Å². The van der Waals surface area contributed by atoms with E-state index in [1.165, 1.54) is 5.57 Å². The maximum absolute atomic E-state index is 13.6. The monoisotopic (exact) mass is 408 g/mol. The van der Waals surface area contributed by atoms with Crippen LogP contribution in [0.25, 0.3) is 6.08 Å². The Kier molecular flexibility index (Phi) is 4.49. The molecule has 0 radical (unpaired) electrons. The number of nitrogens with zero attached hydrogens (tertiary/aromatic N) is 2. The number of rotatable bonds is 1. The maximum Gasteiger partial charge on any atom is 0.165 e. The van der Waals surface area contributed by atoms with Gasteiger partial charge in [0.15, 0.2) is 5.78 Å². The van der Waals surface area contributed by atoms with Crippen LogP contribution in [0.5, 0.6) is 0 Å². The zero-order valence-corrected chi connectivity index (χ0v) is 19.2. The molecule has 5 rings (SSSR count). The van der Waals surface area contributed by atoms with Crippen LogP contribution < -0.4 is 0 Å².